The van der Waals surface area contributed by atoms with Crippen molar-refractivity contribution in [2.75, 3.05) is 0 Å². The Morgan fingerprint density at radius 1 is 1.17 bits per heavy atom. The Morgan fingerprint density at radius 3 is 2.46 bits per heavy atom. The third kappa shape index (κ3) is 2.85. The summed E-state index contributed by atoms with van der Waals surface area (Å²) in [5.41, 5.74) is 4.13. The zero-order chi connectivity index (χ0) is 17.4. The van der Waals surface area contributed by atoms with Crippen LogP contribution >= 0.6 is 0 Å². The van der Waals surface area contributed by atoms with Gasteiger partial charge >= 0.3 is 5.97 Å². The molecule has 4 nitrogen and oxygen atoms in total. The molecular weight excluding hydrogens is 309 g/mol. The van der Waals surface area contributed by atoms with Gasteiger partial charge < -0.3 is 14.8 Å². The number of halogens is 1. The second kappa shape index (κ2) is 6.00. The summed E-state index contributed by atoms with van der Waals surface area (Å²) in [5, 5.41) is 19.4. The SMILES string of the molecule is Cc1ccc(Cn2c(C)c(CC(=O)O)c3cc(O)c(F)cc32)cc1. The molecule has 0 unspecified atom stereocenters. The fourth-order valence-electron chi connectivity index (χ4n) is 3.01. The van der Waals surface area contributed by atoms with E-state index in [1.54, 1.807) is 0 Å². The summed E-state index contributed by atoms with van der Waals surface area (Å²) >= 11 is 0. The molecule has 24 heavy (non-hydrogen) atoms. The first-order chi connectivity index (χ1) is 11.4. The monoisotopic (exact) mass is 327 g/mol. The Hall–Kier alpha value is -2.82. The molecule has 0 fully saturated rings. The van der Waals surface area contributed by atoms with Crippen molar-refractivity contribution in [1.82, 2.24) is 4.57 Å². The predicted octanol–water partition coefficient (Wildman–Crippen LogP) is 3.78. The first-order valence-electron chi connectivity index (χ1n) is 7.64. The van der Waals surface area contributed by atoms with Crippen molar-refractivity contribution in [2.24, 2.45) is 0 Å². The van der Waals surface area contributed by atoms with Crippen molar-refractivity contribution in [3.05, 3.63) is 64.6 Å². The number of aryl methyl sites for hydroxylation is 1. The Morgan fingerprint density at radius 2 is 1.83 bits per heavy atom. The van der Waals surface area contributed by atoms with E-state index in [0.29, 0.717) is 23.0 Å². The van der Waals surface area contributed by atoms with Gasteiger partial charge in [0.05, 0.1) is 11.9 Å². The van der Waals surface area contributed by atoms with E-state index in [1.165, 1.54) is 12.1 Å². The highest BCUT2D eigenvalue weighted by atomic mass is 19.1. The number of hydrogen-bond acceptors (Lipinski definition) is 2. The normalized spacial score (nSPS) is 11.1. The summed E-state index contributed by atoms with van der Waals surface area (Å²) in [6.07, 6.45) is -0.172. The maximum Gasteiger partial charge on any atom is 0.307 e. The van der Waals surface area contributed by atoms with E-state index in [9.17, 15) is 14.3 Å². The van der Waals surface area contributed by atoms with Crippen molar-refractivity contribution in [3.8, 4) is 5.75 Å². The number of rotatable bonds is 4. The van der Waals surface area contributed by atoms with Gasteiger partial charge in [0.2, 0.25) is 0 Å². The Bertz CT molecular complexity index is 926. The number of carboxylic acids is 1. The number of aromatic nitrogens is 1. The number of aromatic hydroxyl groups is 1. The molecule has 1 heterocycles. The maximum atomic E-state index is 13.8. The molecule has 0 aliphatic heterocycles. The number of carbonyl (C=O) groups is 1. The summed E-state index contributed by atoms with van der Waals surface area (Å²) < 4.78 is 15.7. The van der Waals surface area contributed by atoms with Gasteiger partial charge in [-0.3, -0.25) is 4.79 Å². The highest BCUT2D eigenvalue weighted by Crippen LogP contribution is 2.32. The summed E-state index contributed by atoms with van der Waals surface area (Å²) in [4.78, 5) is 11.2. The molecule has 124 valence electrons. The minimum atomic E-state index is -0.962. The number of hydrogen-bond donors (Lipinski definition) is 2. The molecule has 0 saturated heterocycles. The van der Waals surface area contributed by atoms with E-state index in [2.05, 4.69) is 0 Å². The number of phenols is 1. The smallest absolute Gasteiger partial charge is 0.307 e. The van der Waals surface area contributed by atoms with Crippen LogP contribution in [0.5, 0.6) is 5.75 Å². The highest BCUT2D eigenvalue weighted by molar-refractivity contribution is 5.90. The summed E-state index contributed by atoms with van der Waals surface area (Å²) in [5.74, 6) is -2.15. The van der Waals surface area contributed by atoms with E-state index in [4.69, 9.17) is 5.11 Å². The lowest BCUT2D eigenvalue weighted by Gasteiger charge is -2.09. The number of aliphatic carboxylic acids is 1. The molecule has 0 amide bonds. The molecule has 2 aromatic carbocycles. The van der Waals surface area contributed by atoms with Crippen LogP contribution in [-0.4, -0.2) is 20.7 Å². The van der Waals surface area contributed by atoms with Crippen LogP contribution in [0.3, 0.4) is 0 Å². The van der Waals surface area contributed by atoms with Crippen LogP contribution in [0.4, 0.5) is 4.39 Å². The molecular formula is C19H18FNO3. The van der Waals surface area contributed by atoms with Crippen molar-refractivity contribution >= 4 is 16.9 Å². The third-order valence-corrected chi connectivity index (χ3v) is 4.31. The molecule has 0 spiro atoms. The van der Waals surface area contributed by atoms with E-state index in [1.807, 2.05) is 42.7 Å². The van der Waals surface area contributed by atoms with Gasteiger partial charge in [-0.2, -0.15) is 0 Å². The van der Waals surface area contributed by atoms with E-state index in [-0.39, 0.29) is 6.42 Å². The zero-order valence-corrected chi connectivity index (χ0v) is 13.5. The third-order valence-electron chi connectivity index (χ3n) is 4.31. The van der Waals surface area contributed by atoms with Crippen LogP contribution in [0.1, 0.15) is 22.4 Å². The van der Waals surface area contributed by atoms with Gasteiger partial charge in [-0.25, -0.2) is 4.39 Å². The van der Waals surface area contributed by atoms with Crippen LogP contribution in [0.15, 0.2) is 36.4 Å². The minimum absolute atomic E-state index is 0.172. The van der Waals surface area contributed by atoms with E-state index in [0.717, 1.165) is 16.8 Å². The molecule has 0 atom stereocenters. The van der Waals surface area contributed by atoms with Gasteiger partial charge in [0.15, 0.2) is 11.6 Å². The molecule has 5 heteroatoms. The lowest BCUT2D eigenvalue weighted by Crippen LogP contribution is -2.05. The quantitative estimate of drug-likeness (QED) is 0.766. The van der Waals surface area contributed by atoms with Gasteiger partial charge in [-0.15, -0.1) is 0 Å². The van der Waals surface area contributed by atoms with Gasteiger partial charge in [0.1, 0.15) is 0 Å². The lowest BCUT2D eigenvalue weighted by molar-refractivity contribution is -0.136. The predicted molar refractivity (Wildman–Crippen MR) is 89.9 cm³/mol. The topological polar surface area (TPSA) is 62.5 Å². The van der Waals surface area contributed by atoms with Crippen LogP contribution in [0.2, 0.25) is 0 Å². The summed E-state index contributed by atoms with van der Waals surface area (Å²) in [6, 6.07) is 10.6. The summed E-state index contributed by atoms with van der Waals surface area (Å²) in [7, 11) is 0. The standard InChI is InChI=1S/C19H18FNO3/c1-11-3-5-13(6-4-11)10-21-12(2)14(8-19(23)24)15-7-18(22)16(20)9-17(15)21/h3-7,9,22H,8,10H2,1-2H3,(H,23,24). The molecule has 0 bridgehead atoms. The number of fused-ring (bicyclic) bond motifs is 1. The molecule has 0 aliphatic rings. The molecule has 0 saturated carbocycles. The molecule has 1 aromatic heterocycles. The molecule has 2 N–H and O–H groups in total. The van der Waals surface area contributed by atoms with Gasteiger partial charge in [0.25, 0.3) is 0 Å². The fraction of sp³-hybridized carbons (Fsp3) is 0.211. The minimum Gasteiger partial charge on any atom is -0.505 e. The largest absolute Gasteiger partial charge is 0.505 e. The maximum absolute atomic E-state index is 13.8. The molecule has 3 aromatic rings. The van der Waals surface area contributed by atoms with Gasteiger partial charge in [-0.05, 0) is 31.0 Å². The fourth-order valence-corrected chi connectivity index (χ4v) is 3.01. The van der Waals surface area contributed by atoms with Crippen molar-refractivity contribution in [1.29, 1.82) is 0 Å². The molecule has 0 radical (unpaired) electrons. The number of carboxylic acid groups (broad SMARTS) is 1. The van der Waals surface area contributed by atoms with Crippen LogP contribution < -0.4 is 0 Å². The number of benzene rings is 2. The second-order valence-corrected chi connectivity index (χ2v) is 6.03. The highest BCUT2D eigenvalue weighted by Gasteiger charge is 2.19. The average molecular weight is 327 g/mol. The zero-order valence-electron chi connectivity index (χ0n) is 13.5. The van der Waals surface area contributed by atoms with Crippen molar-refractivity contribution < 1.29 is 19.4 Å². The first kappa shape index (κ1) is 16.1. The number of phenolic OH excluding ortho intramolecular Hbond substituents is 1. The Labute approximate surface area is 138 Å². The second-order valence-electron chi connectivity index (χ2n) is 6.03. The summed E-state index contributed by atoms with van der Waals surface area (Å²) in [6.45, 7) is 4.33. The van der Waals surface area contributed by atoms with Crippen LogP contribution in [0.25, 0.3) is 10.9 Å². The average Bonchev–Trinajstić information content (AvgIpc) is 2.75. The van der Waals surface area contributed by atoms with Gasteiger partial charge in [0, 0.05) is 23.7 Å². The Balaban J connectivity index is 2.18. The lowest BCUT2D eigenvalue weighted by atomic mass is 10.1. The molecule has 0 aliphatic carbocycles. The van der Waals surface area contributed by atoms with Crippen molar-refractivity contribution in [2.45, 2.75) is 26.8 Å². The van der Waals surface area contributed by atoms with Gasteiger partial charge in [-0.1, -0.05) is 29.8 Å². The molecule has 3 rings (SSSR count). The van der Waals surface area contributed by atoms with E-state index >= 15 is 0 Å². The van der Waals surface area contributed by atoms with Crippen molar-refractivity contribution in [3.63, 3.8) is 0 Å². The van der Waals surface area contributed by atoms with Crippen LogP contribution in [-0.2, 0) is 17.8 Å². The van der Waals surface area contributed by atoms with Crippen LogP contribution in [0, 0.1) is 19.7 Å². The van der Waals surface area contributed by atoms with E-state index < -0.39 is 17.5 Å². The number of nitrogens with zero attached hydrogens (tertiary/aromatic N) is 1. The first-order valence-corrected chi connectivity index (χ1v) is 7.64. The Kier molecular flexibility index (Phi) is 4.01.